The van der Waals surface area contributed by atoms with Gasteiger partial charge in [0.15, 0.2) is 0 Å². The van der Waals surface area contributed by atoms with Crippen molar-refractivity contribution in [2.45, 2.75) is 6.54 Å². The predicted molar refractivity (Wildman–Crippen MR) is 97.3 cm³/mol. The molecule has 0 saturated heterocycles. The minimum Gasteiger partial charge on any atom is -0.260 e. The molecule has 0 aliphatic rings. The van der Waals surface area contributed by atoms with Crippen LogP contribution in [0.4, 0.5) is 10.1 Å². The van der Waals surface area contributed by atoms with E-state index in [2.05, 4.69) is 5.10 Å². The average Bonchev–Trinajstić information content (AvgIpc) is 3.00. The largest absolute Gasteiger partial charge is 0.270 e. The highest BCUT2D eigenvalue weighted by atomic mass is 19.1. The van der Waals surface area contributed by atoms with Crippen LogP contribution in [0.2, 0.25) is 0 Å². The summed E-state index contributed by atoms with van der Waals surface area (Å²) in [4.78, 5) is 10.7. The Morgan fingerprint density at radius 1 is 1.00 bits per heavy atom. The summed E-state index contributed by atoms with van der Waals surface area (Å²) in [5.74, 6) is -0.308. The fourth-order valence-electron chi connectivity index (χ4n) is 3.02. The summed E-state index contributed by atoms with van der Waals surface area (Å²) < 4.78 is 15.2. The zero-order valence-corrected chi connectivity index (χ0v) is 13.7. The van der Waals surface area contributed by atoms with Gasteiger partial charge in [-0.3, -0.25) is 14.8 Å². The van der Waals surface area contributed by atoms with Crippen molar-refractivity contribution in [3.63, 3.8) is 0 Å². The molecule has 26 heavy (non-hydrogen) atoms. The summed E-state index contributed by atoms with van der Waals surface area (Å²) in [5.41, 5.74) is 3.09. The van der Waals surface area contributed by atoms with Crippen molar-refractivity contribution in [2.75, 3.05) is 0 Å². The molecule has 1 heterocycles. The Morgan fingerprint density at radius 2 is 1.81 bits per heavy atom. The van der Waals surface area contributed by atoms with Gasteiger partial charge in [0, 0.05) is 23.1 Å². The van der Waals surface area contributed by atoms with Gasteiger partial charge in [0.2, 0.25) is 0 Å². The molecule has 128 valence electrons. The van der Waals surface area contributed by atoms with E-state index in [-0.39, 0.29) is 11.5 Å². The number of rotatable bonds is 4. The van der Waals surface area contributed by atoms with Crippen LogP contribution < -0.4 is 0 Å². The van der Waals surface area contributed by atoms with E-state index in [4.69, 9.17) is 0 Å². The van der Waals surface area contributed by atoms with Crippen LogP contribution in [-0.4, -0.2) is 14.7 Å². The van der Waals surface area contributed by atoms with Crippen molar-refractivity contribution in [3.05, 3.63) is 94.3 Å². The molecular weight excluding hydrogens is 333 g/mol. The van der Waals surface area contributed by atoms with E-state index in [1.54, 1.807) is 16.8 Å². The van der Waals surface area contributed by atoms with Gasteiger partial charge in [-0.25, -0.2) is 4.39 Å². The molecule has 6 heteroatoms. The molecule has 0 fully saturated rings. The summed E-state index contributed by atoms with van der Waals surface area (Å²) in [5, 5.41) is 16.5. The topological polar surface area (TPSA) is 61.0 Å². The maximum Gasteiger partial charge on any atom is 0.270 e. The van der Waals surface area contributed by atoms with E-state index < -0.39 is 4.92 Å². The molecule has 3 aromatic carbocycles. The molecule has 0 bridgehead atoms. The van der Waals surface area contributed by atoms with Gasteiger partial charge in [0.05, 0.1) is 17.0 Å². The van der Waals surface area contributed by atoms with Gasteiger partial charge in [0.1, 0.15) is 11.5 Å². The SMILES string of the molecule is O=[N+]([O-])c1ccc2c(c1)c(-c1ccccc1)nn2Cc1cccc(F)c1. The normalized spacial score (nSPS) is 11.0. The first kappa shape index (κ1) is 16.0. The van der Waals surface area contributed by atoms with Crippen molar-refractivity contribution in [3.8, 4) is 11.3 Å². The minimum atomic E-state index is -0.419. The van der Waals surface area contributed by atoms with Crippen LogP contribution in [0.1, 0.15) is 5.56 Å². The van der Waals surface area contributed by atoms with Gasteiger partial charge in [-0.05, 0) is 23.8 Å². The number of hydrogen-bond donors (Lipinski definition) is 0. The van der Waals surface area contributed by atoms with Crippen molar-refractivity contribution in [1.29, 1.82) is 0 Å². The van der Waals surface area contributed by atoms with E-state index >= 15 is 0 Å². The first-order valence-corrected chi connectivity index (χ1v) is 8.06. The van der Waals surface area contributed by atoms with E-state index in [9.17, 15) is 14.5 Å². The lowest BCUT2D eigenvalue weighted by Crippen LogP contribution is -2.02. The third kappa shape index (κ3) is 2.93. The number of nitro groups is 1. The van der Waals surface area contributed by atoms with E-state index in [1.165, 1.54) is 24.3 Å². The number of fused-ring (bicyclic) bond motifs is 1. The Morgan fingerprint density at radius 3 is 2.54 bits per heavy atom. The molecule has 0 atom stereocenters. The molecule has 0 radical (unpaired) electrons. The Hall–Kier alpha value is -3.54. The number of nitro benzene ring substituents is 1. The molecule has 0 unspecified atom stereocenters. The third-order valence-corrected chi connectivity index (χ3v) is 4.21. The molecular formula is C20H14FN3O2. The summed E-state index contributed by atoms with van der Waals surface area (Å²) in [7, 11) is 0. The van der Waals surface area contributed by atoms with E-state index in [0.29, 0.717) is 17.6 Å². The summed E-state index contributed by atoms with van der Waals surface area (Å²) >= 11 is 0. The summed E-state index contributed by atoms with van der Waals surface area (Å²) in [6, 6.07) is 20.5. The van der Waals surface area contributed by atoms with Gasteiger partial charge in [-0.1, -0.05) is 42.5 Å². The fraction of sp³-hybridized carbons (Fsp3) is 0.0500. The molecule has 1 aromatic heterocycles. The second kappa shape index (κ2) is 6.40. The van der Waals surface area contributed by atoms with Crippen LogP contribution in [0.15, 0.2) is 72.8 Å². The van der Waals surface area contributed by atoms with Crippen molar-refractivity contribution >= 4 is 16.6 Å². The Kier molecular flexibility index (Phi) is 3.93. The van der Waals surface area contributed by atoms with E-state index in [1.807, 2.05) is 36.4 Å². The number of hydrogen-bond acceptors (Lipinski definition) is 3. The van der Waals surface area contributed by atoms with Crippen molar-refractivity contribution in [1.82, 2.24) is 9.78 Å². The van der Waals surface area contributed by atoms with Gasteiger partial charge in [0.25, 0.3) is 5.69 Å². The lowest BCUT2D eigenvalue weighted by molar-refractivity contribution is -0.384. The number of non-ortho nitro benzene ring substituents is 1. The number of nitrogens with zero attached hydrogens (tertiary/aromatic N) is 3. The van der Waals surface area contributed by atoms with Crippen molar-refractivity contribution < 1.29 is 9.31 Å². The van der Waals surface area contributed by atoms with Crippen LogP contribution in [-0.2, 0) is 6.54 Å². The van der Waals surface area contributed by atoms with Crippen molar-refractivity contribution in [2.24, 2.45) is 0 Å². The Balaban J connectivity index is 1.89. The van der Waals surface area contributed by atoms with Gasteiger partial charge < -0.3 is 0 Å². The van der Waals surface area contributed by atoms with Crippen LogP contribution in [0.3, 0.4) is 0 Å². The molecule has 5 nitrogen and oxygen atoms in total. The highest BCUT2D eigenvalue weighted by Crippen LogP contribution is 2.31. The lowest BCUT2D eigenvalue weighted by Gasteiger charge is -2.04. The maximum absolute atomic E-state index is 13.5. The lowest BCUT2D eigenvalue weighted by atomic mass is 10.1. The van der Waals surface area contributed by atoms with Gasteiger partial charge >= 0.3 is 0 Å². The summed E-state index contributed by atoms with van der Waals surface area (Å²) in [6.07, 6.45) is 0. The molecule has 0 spiro atoms. The molecule has 4 aromatic rings. The van der Waals surface area contributed by atoms with Gasteiger partial charge in [-0.15, -0.1) is 0 Å². The molecule has 0 saturated carbocycles. The first-order chi connectivity index (χ1) is 12.6. The number of aromatic nitrogens is 2. The fourth-order valence-corrected chi connectivity index (χ4v) is 3.02. The quantitative estimate of drug-likeness (QED) is 0.393. The monoisotopic (exact) mass is 347 g/mol. The Labute approximate surface area is 148 Å². The molecule has 4 rings (SSSR count). The zero-order valence-electron chi connectivity index (χ0n) is 13.7. The third-order valence-electron chi connectivity index (χ3n) is 4.21. The van der Waals surface area contributed by atoms with Crippen LogP contribution >= 0.6 is 0 Å². The maximum atomic E-state index is 13.5. The minimum absolute atomic E-state index is 0.0139. The second-order valence-electron chi connectivity index (χ2n) is 5.96. The number of benzene rings is 3. The van der Waals surface area contributed by atoms with E-state index in [0.717, 1.165) is 16.6 Å². The Bertz CT molecular complexity index is 1110. The van der Waals surface area contributed by atoms with Crippen LogP contribution in [0, 0.1) is 15.9 Å². The molecule has 0 aliphatic carbocycles. The summed E-state index contributed by atoms with van der Waals surface area (Å²) in [6.45, 7) is 0.374. The van der Waals surface area contributed by atoms with Crippen LogP contribution in [0.25, 0.3) is 22.2 Å². The highest BCUT2D eigenvalue weighted by molar-refractivity contribution is 5.94. The highest BCUT2D eigenvalue weighted by Gasteiger charge is 2.16. The second-order valence-corrected chi connectivity index (χ2v) is 5.96. The molecule has 0 aliphatic heterocycles. The smallest absolute Gasteiger partial charge is 0.260 e. The van der Waals surface area contributed by atoms with Gasteiger partial charge in [-0.2, -0.15) is 5.10 Å². The average molecular weight is 347 g/mol. The van der Waals surface area contributed by atoms with Crippen LogP contribution in [0.5, 0.6) is 0 Å². The number of halogens is 1. The standard InChI is InChI=1S/C20H14FN3O2/c21-16-8-4-5-14(11-16)13-23-19-10-9-17(24(25)26)12-18(19)20(22-23)15-6-2-1-3-7-15/h1-12H,13H2. The predicted octanol–water partition coefficient (Wildman–Crippen LogP) is 4.80. The zero-order chi connectivity index (χ0) is 18.1. The molecule has 0 N–H and O–H groups in total. The first-order valence-electron chi connectivity index (χ1n) is 8.06. The molecule has 0 amide bonds.